The van der Waals surface area contributed by atoms with Gasteiger partial charge < -0.3 is 15.6 Å². The summed E-state index contributed by atoms with van der Waals surface area (Å²) in [5.74, 6) is 1.12. The number of carbonyl (C=O) groups is 1. The summed E-state index contributed by atoms with van der Waals surface area (Å²) in [5, 5.41) is 11.8. The van der Waals surface area contributed by atoms with E-state index in [1.54, 1.807) is 0 Å². The van der Waals surface area contributed by atoms with E-state index < -0.39 is 0 Å². The van der Waals surface area contributed by atoms with E-state index in [0.717, 1.165) is 17.4 Å². The minimum atomic E-state index is 0.0203. The smallest absolute Gasteiger partial charge is 0.230 e. The molecule has 0 aliphatic carbocycles. The van der Waals surface area contributed by atoms with Crippen molar-refractivity contribution in [2.75, 3.05) is 5.75 Å². The van der Waals surface area contributed by atoms with Gasteiger partial charge in [0.15, 0.2) is 5.16 Å². The van der Waals surface area contributed by atoms with Gasteiger partial charge in [-0.05, 0) is 27.2 Å². The summed E-state index contributed by atoms with van der Waals surface area (Å²) in [6.07, 6.45) is 0.926. The molecule has 0 saturated heterocycles. The van der Waals surface area contributed by atoms with Gasteiger partial charge in [0, 0.05) is 12.1 Å². The SMILES string of the molecule is CCC(C)NC(=O)CSc1nnc(CN)n1C(C)C. The predicted molar refractivity (Wildman–Crippen MR) is 76.9 cm³/mol. The first-order valence-electron chi connectivity index (χ1n) is 6.55. The van der Waals surface area contributed by atoms with Gasteiger partial charge >= 0.3 is 0 Å². The second-order valence-electron chi connectivity index (χ2n) is 4.73. The Bertz CT molecular complexity index is 418. The van der Waals surface area contributed by atoms with Crippen molar-refractivity contribution in [3.8, 4) is 0 Å². The monoisotopic (exact) mass is 285 g/mol. The van der Waals surface area contributed by atoms with Crippen molar-refractivity contribution in [2.45, 2.75) is 57.9 Å². The Kier molecular flexibility index (Phi) is 6.30. The highest BCUT2D eigenvalue weighted by Crippen LogP contribution is 2.21. The number of rotatable bonds is 7. The van der Waals surface area contributed by atoms with Crippen LogP contribution < -0.4 is 11.1 Å². The zero-order chi connectivity index (χ0) is 14.4. The molecule has 1 rings (SSSR count). The number of aromatic nitrogens is 3. The minimum absolute atomic E-state index is 0.0203. The second-order valence-corrected chi connectivity index (χ2v) is 5.67. The van der Waals surface area contributed by atoms with E-state index in [0.29, 0.717) is 12.3 Å². The van der Waals surface area contributed by atoms with Crippen LogP contribution in [-0.4, -0.2) is 32.5 Å². The average Bonchev–Trinajstić information content (AvgIpc) is 2.79. The maximum Gasteiger partial charge on any atom is 0.230 e. The summed E-state index contributed by atoms with van der Waals surface area (Å²) >= 11 is 1.39. The molecule has 1 aromatic heterocycles. The Morgan fingerprint density at radius 1 is 1.42 bits per heavy atom. The number of nitrogens with one attached hydrogen (secondary N) is 1. The van der Waals surface area contributed by atoms with E-state index in [-0.39, 0.29) is 18.0 Å². The first-order chi connectivity index (χ1) is 8.99. The lowest BCUT2D eigenvalue weighted by Crippen LogP contribution is -2.33. The third kappa shape index (κ3) is 4.50. The second kappa shape index (κ2) is 7.49. The van der Waals surface area contributed by atoms with Gasteiger partial charge in [0.25, 0.3) is 0 Å². The van der Waals surface area contributed by atoms with E-state index in [1.165, 1.54) is 11.8 Å². The molecule has 0 aliphatic rings. The van der Waals surface area contributed by atoms with Gasteiger partial charge in [0.2, 0.25) is 5.91 Å². The van der Waals surface area contributed by atoms with Crippen LogP contribution in [0.15, 0.2) is 5.16 Å². The van der Waals surface area contributed by atoms with E-state index in [9.17, 15) is 4.79 Å². The molecule has 0 spiro atoms. The van der Waals surface area contributed by atoms with Gasteiger partial charge in [-0.2, -0.15) is 0 Å². The Hall–Kier alpha value is -1.08. The van der Waals surface area contributed by atoms with Crippen molar-refractivity contribution in [1.29, 1.82) is 0 Å². The molecule has 1 unspecified atom stereocenters. The maximum absolute atomic E-state index is 11.7. The highest BCUT2D eigenvalue weighted by atomic mass is 32.2. The fraction of sp³-hybridized carbons (Fsp3) is 0.750. The van der Waals surface area contributed by atoms with Gasteiger partial charge in [-0.25, -0.2) is 0 Å². The summed E-state index contributed by atoms with van der Waals surface area (Å²) in [7, 11) is 0. The van der Waals surface area contributed by atoms with Gasteiger partial charge in [-0.3, -0.25) is 4.79 Å². The Labute approximate surface area is 118 Å². The molecule has 0 saturated carbocycles. The van der Waals surface area contributed by atoms with Crippen molar-refractivity contribution in [1.82, 2.24) is 20.1 Å². The summed E-state index contributed by atoms with van der Waals surface area (Å²) in [6.45, 7) is 8.48. The Balaban J connectivity index is 2.63. The molecule has 0 fully saturated rings. The molecule has 3 N–H and O–H groups in total. The number of carbonyl (C=O) groups excluding carboxylic acids is 1. The summed E-state index contributed by atoms with van der Waals surface area (Å²) in [4.78, 5) is 11.7. The van der Waals surface area contributed by atoms with Crippen molar-refractivity contribution in [2.24, 2.45) is 5.73 Å². The Morgan fingerprint density at radius 3 is 2.63 bits per heavy atom. The minimum Gasteiger partial charge on any atom is -0.353 e. The molecule has 0 bridgehead atoms. The lowest BCUT2D eigenvalue weighted by molar-refractivity contribution is -0.119. The summed E-state index contributed by atoms with van der Waals surface area (Å²) < 4.78 is 1.97. The fourth-order valence-corrected chi connectivity index (χ4v) is 2.51. The molecule has 0 aromatic carbocycles. The number of amides is 1. The lowest BCUT2D eigenvalue weighted by atomic mass is 10.3. The normalized spacial score (nSPS) is 12.7. The standard InChI is InChI=1S/C12H23N5OS/c1-5-9(4)14-11(18)7-19-12-16-15-10(6-13)17(12)8(2)3/h8-9H,5-7,13H2,1-4H3,(H,14,18). The highest BCUT2D eigenvalue weighted by Gasteiger charge is 2.15. The number of thioether (sulfide) groups is 1. The fourth-order valence-electron chi connectivity index (χ4n) is 1.61. The highest BCUT2D eigenvalue weighted by molar-refractivity contribution is 7.99. The number of nitrogens with two attached hydrogens (primary N) is 1. The van der Waals surface area contributed by atoms with E-state index in [2.05, 4.69) is 15.5 Å². The molecule has 19 heavy (non-hydrogen) atoms. The van der Waals surface area contributed by atoms with Crippen LogP contribution in [-0.2, 0) is 11.3 Å². The molecule has 7 heteroatoms. The third-order valence-electron chi connectivity index (χ3n) is 2.79. The van der Waals surface area contributed by atoms with Crippen molar-refractivity contribution in [3.63, 3.8) is 0 Å². The van der Waals surface area contributed by atoms with Crippen LogP contribution in [0.2, 0.25) is 0 Å². The van der Waals surface area contributed by atoms with Gasteiger partial charge in [0.1, 0.15) is 5.82 Å². The van der Waals surface area contributed by atoms with E-state index >= 15 is 0 Å². The topological polar surface area (TPSA) is 85.8 Å². The number of hydrogen-bond donors (Lipinski definition) is 2. The molecule has 1 heterocycles. The predicted octanol–water partition coefficient (Wildman–Crippen LogP) is 1.32. The molecule has 0 radical (unpaired) electrons. The first kappa shape index (κ1) is 16.0. The Morgan fingerprint density at radius 2 is 2.11 bits per heavy atom. The van der Waals surface area contributed by atoms with Crippen LogP contribution in [0.3, 0.4) is 0 Å². The summed E-state index contributed by atoms with van der Waals surface area (Å²) in [6, 6.07) is 0.435. The largest absolute Gasteiger partial charge is 0.353 e. The average molecular weight is 285 g/mol. The molecule has 6 nitrogen and oxygen atoms in total. The van der Waals surface area contributed by atoms with Crippen LogP contribution in [0.4, 0.5) is 0 Å². The third-order valence-corrected chi connectivity index (χ3v) is 3.73. The van der Waals surface area contributed by atoms with Gasteiger partial charge in [-0.1, -0.05) is 18.7 Å². The first-order valence-corrected chi connectivity index (χ1v) is 7.54. The lowest BCUT2D eigenvalue weighted by Gasteiger charge is -2.13. The van der Waals surface area contributed by atoms with Crippen molar-refractivity contribution < 1.29 is 4.79 Å². The zero-order valence-electron chi connectivity index (χ0n) is 12.0. The zero-order valence-corrected chi connectivity index (χ0v) is 12.8. The number of hydrogen-bond acceptors (Lipinski definition) is 5. The molecule has 0 aliphatic heterocycles. The van der Waals surface area contributed by atoms with Crippen LogP contribution in [0, 0.1) is 0 Å². The summed E-state index contributed by atoms with van der Waals surface area (Å²) in [5.41, 5.74) is 5.63. The van der Waals surface area contributed by atoms with Gasteiger partial charge in [-0.15, -0.1) is 10.2 Å². The van der Waals surface area contributed by atoms with Crippen LogP contribution in [0.5, 0.6) is 0 Å². The molecule has 1 amide bonds. The maximum atomic E-state index is 11.7. The van der Waals surface area contributed by atoms with E-state index in [1.807, 2.05) is 32.3 Å². The number of nitrogens with zero attached hydrogens (tertiary/aromatic N) is 3. The molecule has 1 atom stereocenters. The van der Waals surface area contributed by atoms with Crippen molar-refractivity contribution in [3.05, 3.63) is 5.82 Å². The van der Waals surface area contributed by atoms with E-state index in [4.69, 9.17) is 5.73 Å². The quantitative estimate of drug-likeness (QED) is 0.738. The van der Waals surface area contributed by atoms with Gasteiger partial charge in [0.05, 0.1) is 12.3 Å². The molecular formula is C12H23N5OS. The van der Waals surface area contributed by atoms with Crippen LogP contribution in [0.1, 0.15) is 46.0 Å². The van der Waals surface area contributed by atoms with Crippen LogP contribution >= 0.6 is 11.8 Å². The van der Waals surface area contributed by atoms with Crippen LogP contribution in [0.25, 0.3) is 0 Å². The molecular weight excluding hydrogens is 262 g/mol. The molecule has 108 valence electrons. The van der Waals surface area contributed by atoms with Crippen molar-refractivity contribution >= 4 is 17.7 Å². The molecule has 1 aromatic rings.